The summed E-state index contributed by atoms with van der Waals surface area (Å²) in [5.74, 6) is 1.69. The number of hydrogen-bond acceptors (Lipinski definition) is 5. The highest BCUT2D eigenvalue weighted by atomic mass is 15.3. The van der Waals surface area contributed by atoms with Gasteiger partial charge in [0.05, 0.1) is 0 Å². The van der Waals surface area contributed by atoms with Gasteiger partial charge in [0.1, 0.15) is 5.82 Å². The van der Waals surface area contributed by atoms with E-state index in [1.54, 1.807) is 6.20 Å². The molecule has 1 saturated heterocycles. The maximum atomic E-state index is 5.95. The van der Waals surface area contributed by atoms with E-state index < -0.39 is 0 Å². The van der Waals surface area contributed by atoms with Crippen LogP contribution in [0.1, 0.15) is 6.92 Å². The normalized spacial score (nSPS) is 18.5. The van der Waals surface area contributed by atoms with Gasteiger partial charge in [-0.1, -0.05) is 0 Å². The zero-order valence-corrected chi connectivity index (χ0v) is 9.44. The Morgan fingerprint density at radius 3 is 2.67 bits per heavy atom. The Morgan fingerprint density at radius 2 is 2.13 bits per heavy atom. The lowest BCUT2D eigenvalue weighted by atomic mass is 9.94. The molecular weight excluding hydrogens is 190 g/mol. The van der Waals surface area contributed by atoms with Gasteiger partial charge in [0.15, 0.2) is 0 Å². The molecule has 0 amide bonds. The van der Waals surface area contributed by atoms with Crippen LogP contribution in [0.3, 0.4) is 0 Å². The van der Waals surface area contributed by atoms with E-state index in [0.29, 0.717) is 0 Å². The molecule has 1 aromatic rings. The fraction of sp³-hybridized carbons (Fsp3) is 0.600. The topological polar surface area (TPSA) is 58.3 Å². The predicted octanol–water partition coefficient (Wildman–Crippen LogP) is 0.0800. The van der Waals surface area contributed by atoms with Crippen LogP contribution >= 0.6 is 0 Å². The van der Waals surface area contributed by atoms with E-state index in [4.69, 9.17) is 5.73 Å². The van der Waals surface area contributed by atoms with Crippen molar-refractivity contribution < 1.29 is 0 Å². The van der Waals surface area contributed by atoms with Gasteiger partial charge in [0, 0.05) is 38.9 Å². The lowest BCUT2D eigenvalue weighted by Gasteiger charge is -2.46. The fourth-order valence-corrected chi connectivity index (χ4v) is 1.72. The third-order valence-corrected chi connectivity index (χ3v) is 2.46. The van der Waals surface area contributed by atoms with E-state index in [1.165, 1.54) is 0 Å². The van der Waals surface area contributed by atoms with E-state index in [9.17, 15) is 0 Å². The van der Waals surface area contributed by atoms with Gasteiger partial charge in [0.25, 0.3) is 0 Å². The van der Waals surface area contributed by atoms with Crippen LogP contribution in [0.25, 0.3) is 0 Å². The van der Waals surface area contributed by atoms with Crippen LogP contribution in [0.4, 0.5) is 11.8 Å². The highest BCUT2D eigenvalue weighted by Gasteiger charge is 2.35. The molecule has 15 heavy (non-hydrogen) atoms. The first kappa shape index (κ1) is 10.2. The lowest BCUT2D eigenvalue weighted by Crippen LogP contribution is -2.65. The smallest absolute Gasteiger partial charge is 0.226 e. The average molecular weight is 207 g/mol. The van der Waals surface area contributed by atoms with Crippen molar-refractivity contribution in [1.82, 2.24) is 9.97 Å². The molecule has 0 bridgehead atoms. The second kappa shape index (κ2) is 3.34. The molecule has 2 rings (SSSR count). The number of nitrogens with zero attached hydrogens (tertiary/aromatic N) is 4. The number of aromatic nitrogens is 2. The minimum atomic E-state index is -0.0662. The van der Waals surface area contributed by atoms with Crippen molar-refractivity contribution in [2.75, 3.05) is 37.0 Å². The Hall–Kier alpha value is -1.36. The summed E-state index contributed by atoms with van der Waals surface area (Å²) in [7, 11) is 3.87. The van der Waals surface area contributed by atoms with E-state index in [-0.39, 0.29) is 5.54 Å². The first-order chi connectivity index (χ1) is 6.98. The summed E-state index contributed by atoms with van der Waals surface area (Å²) < 4.78 is 0. The van der Waals surface area contributed by atoms with Crippen LogP contribution in [-0.2, 0) is 0 Å². The summed E-state index contributed by atoms with van der Waals surface area (Å²) in [4.78, 5) is 12.7. The second-order valence-electron chi connectivity index (χ2n) is 4.62. The molecule has 1 aromatic heterocycles. The molecule has 0 aliphatic carbocycles. The molecule has 0 spiro atoms. The molecule has 1 aliphatic heterocycles. The summed E-state index contributed by atoms with van der Waals surface area (Å²) in [5, 5.41) is 0. The quantitative estimate of drug-likeness (QED) is 0.744. The van der Waals surface area contributed by atoms with Crippen molar-refractivity contribution >= 4 is 11.8 Å². The van der Waals surface area contributed by atoms with Crippen LogP contribution in [-0.4, -0.2) is 42.7 Å². The molecule has 0 unspecified atom stereocenters. The third-order valence-electron chi connectivity index (χ3n) is 2.46. The van der Waals surface area contributed by atoms with E-state index >= 15 is 0 Å². The Morgan fingerprint density at radius 1 is 1.47 bits per heavy atom. The number of anilines is 2. The summed E-state index contributed by atoms with van der Waals surface area (Å²) in [5.41, 5.74) is 5.89. The minimum Gasteiger partial charge on any atom is -0.353 e. The Balaban J connectivity index is 2.13. The maximum absolute atomic E-state index is 5.95. The Labute approximate surface area is 89.9 Å². The van der Waals surface area contributed by atoms with Gasteiger partial charge in [-0.15, -0.1) is 0 Å². The van der Waals surface area contributed by atoms with Crippen LogP contribution in [0.5, 0.6) is 0 Å². The summed E-state index contributed by atoms with van der Waals surface area (Å²) in [6, 6.07) is 1.92. The van der Waals surface area contributed by atoms with Gasteiger partial charge in [-0.25, -0.2) is 4.98 Å². The maximum Gasteiger partial charge on any atom is 0.226 e. The SMILES string of the molecule is CN(C)c1nccc(N2CC(C)(N)C2)n1. The highest BCUT2D eigenvalue weighted by Crippen LogP contribution is 2.24. The molecule has 5 nitrogen and oxygen atoms in total. The van der Waals surface area contributed by atoms with Gasteiger partial charge in [-0.2, -0.15) is 4.98 Å². The fourth-order valence-electron chi connectivity index (χ4n) is 1.72. The molecule has 2 heterocycles. The first-order valence-electron chi connectivity index (χ1n) is 5.02. The molecule has 82 valence electrons. The molecule has 0 radical (unpaired) electrons. The van der Waals surface area contributed by atoms with Gasteiger partial charge in [-0.3, -0.25) is 0 Å². The largest absolute Gasteiger partial charge is 0.353 e. The Bertz CT molecular complexity index is 353. The summed E-state index contributed by atoms with van der Waals surface area (Å²) in [6.07, 6.45) is 1.78. The van der Waals surface area contributed by atoms with Crippen LogP contribution in [0.15, 0.2) is 12.3 Å². The van der Waals surface area contributed by atoms with Crippen molar-refractivity contribution in [3.63, 3.8) is 0 Å². The van der Waals surface area contributed by atoms with Gasteiger partial charge < -0.3 is 15.5 Å². The molecule has 0 atom stereocenters. The number of rotatable bonds is 2. The standard InChI is InChI=1S/C10H17N5/c1-10(11)6-15(7-10)8-4-5-12-9(13-8)14(2)3/h4-5H,6-7,11H2,1-3H3. The first-order valence-corrected chi connectivity index (χ1v) is 5.02. The van der Waals surface area contributed by atoms with Gasteiger partial charge in [-0.05, 0) is 13.0 Å². The molecule has 2 N–H and O–H groups in total. The van der Waals surface area contributed by atoms with Crippen molar-refractivity contribution in [3.8, 4) is 0 Å². The van der Waals surface area contributed by atoms with Crippen molar-refractivity contribution in [2.45, 2.75) is 12.5 Å². The van der Waals surface area contributed by atoms with Crippen molar-refractivity contribution in [1.29, 1.82) is 0 Å². The average Bonchev–Trinajstić information content (AvgIpc) is 2.14. The predicted molar refractivity (Wildman–Crippen MR) is 61.2 cm³/mol. The zero-order chi connectivity index (χ0) is 11.1. The summed E-state index contributed by atoms with van der Waals surface area (Å²) in [6.45, 7) is 3.77. The van der Waals surface area contributed by atoms with E-state index in [2.05, 4.69) is 21.8 Å². The Kier molecular flexibility index (Phi) is 2.26. The molecule has 5 heteroatoms. The number of nitrogens with two attached hydrogens (primary N) is 1. The third kappa shape index (κ3) is 2.02. The molecule has 1 aliphatic rings. The van der Waals surface area contributed by atoms with Crippen molar-refractivity contribution in [3.05, 3.63) is 12.3 Å². The monoisotopic (exact) mass is 207 g/mol. The second-order valence-corrected chi connectivity index (χ2v) is 4.62. The highest BCUT2D eigenvalue weighted by molar-refractivity contribution is 5.47. The number of hydrogen-bond donors (Lipinski definition) is 1. The van der Waals surface area contributed by atoms with Crippen LogP contribution < -0.4 is 15.5 Å². The van der Waals surface area contributed by atoms with Crippen LogP contribution in [0, 0.1) is 0 Å². The zero-order valence-electron chi connectivity index (χ0n) is 9.44. The molecule has 1 fully saturated rings. The van der Waals surface area contributed by atoms with Gasteiger partial charge in [0.2, 0.25) is 5.95 Å². The molecule has 0 saturated carbocycles. The van der Waals surface area contributed by atoms with E-state index in [0.717, 1.165) is 24.9 Å². The van der Waals surface area contributed by atoms with Crippen molar-refractivity contribution in [2.24, 2.45) is 5.73 Å². The van der Waals surface area contributed by atoms with E-state index in [1.807, 2.05) is 25.1 Å². The molecule has 0 aromatic carbocycles. The summed E-state index contributed by atoms with van der Waals surface area (Å²) >= 11 is 0. The van der Waals surface area contributed by atoms with Gasteiger partial charge >= 0.3 is 0 Å². The lowest BCUT2D eigenvalue weighted by molar-refractivity contribution is 0.363. The van der Waals surface area contributed by atoms with Crippen LogP contribution in [0.2, 0.25) is 0 Å². The minimum absolute atomic E-state index is 0.0662. The molecular formula is C10H17N5.